The zero-order valence-electron chi connectivity index (χ0n) is 15.4. The number of nitro benzene ring substituents is 1. The highest BCUT2D eigenvalue weighted by Gasteiger charge is 2.26. The third kappa shape index (κ3) is 4.89. The summed E-state index contributed by atoms with van der Waals surface area (Å²) in [7, 11) is -1.21. The topological polar surface area (TPSA) is 128 Å². The van der Waals surface area contributed by atoms with Crippen LogP contribution in [0.1, 0.15) is 11.1 Å². The summed E-state index contributed by atoms with van der Waals surface area (Å²) in [5, 5.41) is 20.9. The molecule has 0 aromatic heterocycles. The lowest BCUT2D eigenvalue weighted by Gasteiger charge is -2.19. The van der Waals surface area contributed by atoms with E-state index in [1.807, 2.05) is 0 Å². The van der Waals surface area contributed by atoms with Gasteiger partial charge in [0.2, 0.25) is 10.0 Å². The molecule has 2 N–H and O–H groups in total. The third-order valence-electron chi connectivity index (χ3n) is 4.08. The van der Waals surface area contributed by atoms with Gasteiger partial charge in [0.05, 0.1) is 34.7 Å². The van der Waals surface area contributed by atoms with Gasteiger partial charge in [0, 0.05) is 18.2 Å². The molecule has 2 rings (SSSR count). The maximum Gasteiger partial charge on any atom is 0.289 e. The number of hydrogen-bond donors (Lipinski definition) is 2. The number of methoxy groups -OCH3 is 2. The highest BCUT2D eigenvalue weighted by atomic mass is 79.9. The summed E-state index contributed by atoms with van der Waals surface area (Å²) in [5.41, 5.74) is 0.591. The molecule has 0 amide bonds. The molecule has 2 aromatic rings. The van der Waals surface area contributed by atoms with E-state index in [4.69, 9.17) is 9.47 Å². The van der Waals surface area contributed by atoms with Gasteiger partial charge in [-0.25, -0.2) is 13.1 Å². The summed E-state index contributed by atoms with van der Waals surface area (Å²) in [6.07, 6.45) is 0.176. The number of aliphatic hydroxyl groups is 1. The second-order valence-corrected chi connectivity index (χ2v) is 9.00. The largest absolute Gasteiger partial charge is 0.492 e. The van der Waals surface area contributed by atoms with Crippen molar-refractivity contribution < 1.29 is 27.9 Å². The van der Waals surface area contributed by atoms with Gasteiger partial charge in [-0.3, -0.25) is 10.1 Å². The average Bonchev–Trinajstić information content (AvgIpc) is 2.69. The van der Waals surface area contributed by atoms with Gasteiger partial charge in [-0.1, -0.05) is 12.1 Å². The van der Waals surface area contributed by atoms with Gasteiger partial charge >= 0.3 is 0 Å². The first-order chi connectivity index (χ1) is 13.7. The average molecular weight is 554 g/mol. The van der Waals surface area contributed by atoms with Gasteiger partial charge in [0.25, 0.3) is 5.69 Å². The first-order valence-electron chi connectivity index (χ1n) is 8.14. The van der Waals surface area contributed by atoms with Crippen LogP contribution in [-0.4, -0.2) is 39.2 Å². The Bertz CT molecular complexity index is 1030. The molecule has 0 unspecified atom stereocenters. The maximum absolute atomic E-state index is 12.5. The van der Waals surface area contributed by atoms with Gasteiger partial charge in [-0.05, 0) is 49.9 Å². The number of nitrogens with zero attached hydrogens (tertiary/aromatic N) is 1. The van der Waals surface area contributed by atoms with Crippen molar-refractivity contribution in [1.29, 1.82) is 0 Å². The predicted octanol–water partition coefficient (Wildman–Crippen LogP) is 3.15. The van der Waals surface area contributed by atoms with E-state index in [-0.39, 0.29) is 19.6 Å². The van der Waals surface area contributed by atoms with E-state index in [1.54, 1.807) is 0 Å². The maximum atomic E-state index is 12.5. The summed E-state index contributed by atoms with van der Waals surface area (Å²) in [6, 6.07) is 5.10. The number of nitro groups is 1. The van der Waals surface area contributed by atoms with E-state index in [2.05, 4.69) is 36.6 Å². The SMILES string of the molecule is COc1c(Br)c(CO)c(CCNS(=O)(=O)c2ccccc2[N+](=O)[O-])c(Br)c1OC. The Balaban J connectivity index is 2.33. The minimum atomic E-state index is -4.11. The lowest BCUT2D eigenvalue weighted by atomic mass is 10.0. The molecular formula is C17H18Br2N2O7S. The van der Waals surface area contributed by atoms with Crippen LogP contribution in [0.2, 0.25) is 0 Å². The molecule has 0 fully saturated rings. The second kappa shape index (κ2) is 9.85. The Labute approximate surface area is 184 Å². The quantitative estimate of drug-likeness (QED) is 0.360. The van der Waals surface area contributed by atoms with E-state index in [0.29, 0.717) is 31.6 Å². The number of para-hydroxylation sites is 1. The van der Waals surface area contributed by atoms with Crippen molar-refractivity contribution in [2.75, 3.05) is 20.8 Å². The zero-order chi connectivity index (χ0) is 21.8. The smallest absolute Gasteiger partial charge is 0.289 e. The molecule has 158 valence electrons. The summed E-state index contributed by atoms with van der Waals surface area (Å²) in [5.74, 6) is 0.765. The van der Waals surface area contributed by atoms with Gasteiger partial charge in [0.15, 0.2) is 16.4 Å². The lowest BCUT2D eigenvalue weighted by molar-refractivity contribution is -0.387. The van der Waals surface area contributed by atoms with Crippen molar-refractivity contribution in [3.05, 3.63) is 54.5 Å². The number of halogens is 2. The van der Waals surface area contributed by atoms with Crippen LogP contribution >= 0.6 is 31.9 Å². The Kier molecular flexibility index (Phi) is 8.00. The van der Waals surface area contributed by atoms with Crippen LogP contribution in [0.3, 0.4) is 0 Å². The van der Waals surface area contributed by atoms with Gasteiger partial charge in [0.1, 0.15) is 0 Å². The fourth-order valence-corrected chi connectivity index (χ4v) is 5.44. The van der Waals surface area contributed by atoms with Crippen LogP contribution in [-0.2, 0) is 23.1 Å². The molecular weight excluding hydrogens is 536 g/mol. The minimum absolute atomic E-state index is 0.0676. The highest BCUT2D eigenvalue weighted by molar-refractivity contribution is 9.11. The molecule has 0 aliphatic rings. The molecule has 0 saturated heterocycles. The molecule has 0 aliphatic heterocycles. The van der Waals surface area contributed by atoms with Crippen LogP contribution < -0.4 is 14.2 Å². The van der Waals surface area contributed by atoms with Gasteiger partial charge in [-0.15, -0.1) is 0 Å². The number of sulfonamides is 1. The van der Waals surface area contributed by atoms with Crippen molar-refractivity contribution in [3.63, 3.8) is 0 Å². The fourth-order valence-electron chi connectivity index (χ4n) is 2.75. The Hall–Kier alpha value is -1.73. The normalized spacial score (nSPS) is 11.3. The first-order valence-corrected chi connectivity index (χ1v) is 11.2. The van der Waals surface area contributed by atoms with Crippen molar-refractivity contribution in [1.82, 2.24) is 4.72 Å². The monoisotopic (exact) mass is 552 g/mol. The number of nitrogens with one attached hydrogen (secondary N) is 1. The second-order valence-electron chi connectivity index (χ2n) is 5.68. The summed E-state index contributed by atoms with van der Waals surface area (Å²) >= 11 is 6.78. The fraction of sp³-hybridized carbons (Fsp3) is 0.294. The van der Waals surface area contributed by atoms with Crippen molar-refractivity contribution >= 4 is 47.6 Å². The number of ether oxygens (including phenoxy) is 2. The minimum Gasteiger partial charge on any atom is -0.492 e. The predicted molar refractivity (Wildman–Crippen MR) is 113 cm³/mol. The molecule has 9 nitrogen and oxygen atoms in total. The Morgan fingerprint density at radius 3 is 2.17 bits per heavy atom. The van der Waals surface area contributed by atoms with Crippen LogP contribution in [0, 0.1) is 10.1 Å². The van der Waals surface area contributed by atoms with Gasteiger partial charge < -0.3 is 14.6 Å². The van der Waals surface area contributed by atoms with E-state index < -0.39 is 25.5 Å². The molecule has 12 heteroatoms. The number of benzene rings is 2. The Morgan fingerprint density at radius 1 is 1.10 bits per heavy atom. The third-order valence-corrected chi connectivity index (χ3v) is 7.27. The molecule has 0 aliphatic carbocycles. The van der Waals surface area contributed by atoms with Crippen molar-refractivity contribution in [2.24, 2.45) is 0 Å². The molecule has 0 atom stereocenters. The molecule has 0 saturated carbocycles. The molecule has 0 spiro atoms. The van der Waals surface area contributed by atoms with Gasteiger partial charge in [-0.2, -0.15) is 0 Å². The van der Waals surface area contributed by atoms with E-state index in [9.17, 15) is 23.6 Å². The van der Waals surface area contributed by atoms with Crippen LogP contribution in [0.15, 0.2) is 38.1 Å². The molecule has 2 aromatic carbocycles. The molecule has 0 radical (unpaired) electrons. The van der Waals surface area contributed by atoms with E-state index in [1.165, 1.54) is 32.4 Å². The van der Waals surface area contributed by atoms with Crippen LogP contribution in [0.25, 0.3) is 0 Å². The zero-order valence-corrected chi connectivity index (χ0v) is 19.4. The Morgan fingerprint density at radius 2 is 1.66 bits per heavy atom. The number of aliphatic hydroxyl groups excluding tert-OH is 1. The molecule has 0 bridgehead atoms. The van der Waals surface area contributed by atoms with E-state index >= 15 is 0 Å². The molecule has 0 heterocycles. The van der Waals surface area contributed by atoms with Crippen LogP contribution in [0.4, 0.5) is 5.69 Å². The first kappa shape index (κ1) is 23.5. The molecule has 29 heavy (non-hydrogen) atoms. The summed E-state index contributed by atoms with van der Waals surface area (Å²) in [4.78, 5) is 9.94. The van der Waals surface area contributed by atoms with Crippen molar-refractivity contribution in [2.45, 2.75) is 17.9 Å². The lowest BCUT2D eigenvalue weighted by Crippen LogP contribution is -2.27. The number of rotatable bonds is 9. The highest BCUT2D eigenvalue weighted by Crippen LogP contribution is 2.46. The summed E-state index contributed by atoms with van der Waals surface area (Å²) in [6.45, 7) is -0.395. The summed E-state index contributed by atoms with van der Waals surface area (Å²) < 4.78 is 39.1. The number of hydrogen-bond acceptors (Lipinski definition) is 7. The van der Waals surface area contributed by atoms with E-state index in [0.717, 1.165) is 6.07 Å². The van der Waals surface area contributed by atoms with Crippen LogP contribution in [0.5, 0.6) is 11.5 Å². The standard InChI is InChI=1S/C17H18Br2N2O7S/c1-27-16-14(18)10(11(9-22)15(19)17(16)28-2)7-8-20-29(25,26)13-6-4-3-5-12(13)21(23)24/h3-6,20,22H,7-9H2,1-2H3. The van der Waals surface area contributed by atoms with Crippen molar-refractivity contribution in [3.8, 4) is 11.5 Å².